The third kappa shape index (κ3) is 4.55. The van der Waals surface area contributed by atoms with Gasteiger partial charge in [-0.15, -0.1) is 0 Å². The molecule has 1 N–H and O–H groups in total. The number of nitrogens with zero attached hydrogens (tertiary/aromatic N) is 3. The van der Waals surface area contributed by atoms with Gasteiger partial charge in [0, 0.05) is 29.7 Å². The standard InChI is InChI=1S/C25H23FN4O3/c1-16-12-29(15-27-16)23-9-8-21(11-24(23)33-3)28-22-10-18(14-31)13-30(25(22)32)17(2)19-4-6-20(26)7-5-19/h4-15,17,28H,1-3H3/t17-/m1/s1. The average molecular weight is 446 g/mol. The molecule has 33 heavy (non-hydrogen) atoms. The summed E-state index contributed by atoms with van der Waals surface area (Å²) in [6, 6.07) is 12.5. The number of aldehydes is 1. The normalized spacial score (nSPS) is 11.8. The minimum Gasteiger partial charge on any atom is -0.494 e. The van der Waals surface area contributed by atoms with Gasteiger partial charge in [-0.05, 0) is 49.7 Å². The highest BCUT2D eigenvalue weighted by Crippen LogP contribution is 2.28. The van der Waals surface area contributed by atoms with Gasteiger partial charge in [-0.25, -0.2) is 9.37 Å². The van der Waals surface area contributed by atoms with Crippen molar-refractivity contribution in [3.8, 4) is 11.4 Å². The number of nitrogens with one attached hydrogen (secondary N) is 1. The SMILES string of the molecule is COc1cc(Nc2cc(C=O)cn([C@H](C)c3ccc(F)cc3)c2=O)ccc1-n1cnc(C)c1. The Balaban J connectivity index is 1.71. The fraction of sp³-hybridized carbons (Fsp3) is 0.160. The second-order valence-corrected chi connectivity index (χ2v) is 7.68. The lowest BCUT2D eigenvalue weighted by Crippen LogP contribution is -2.26. The van der Waals surface area contributed by atoms with Gasteiger partial charge in [0.05, 0.1) is 30.9 Å². The molecule has 2 heterocycles. The van der Waals surface area contributed by atoms with Crippen LogP contribution < -0.4 is 15.6 Å². The summed E-state index contributed by atoms with van der Waals surface area (Å²) < 4.78 is 22.2. The van der Waals surface area contributed by atoms with Crippen molar-refractivity contribution in [3.63, 3.8) is 0 Å². The van der Waals surface area contributed by atoms with Crippen LogP contribution in [0, 0.1) is 12.7 Å². The molecule has 0 spiro atoms. The van der Waals surface area contributed by atoms with E-state index in [0.717, 1.165) is 16.9 Å². The van der Waals surface area contributed by atoms with Gasteiger partial charge in [0.1, 0.15) is 17.3 Å². The third-order valence-corrected chi connectivity index (χ3v) is 5.42. The van der Waals surface area contributed by atoms with Crippen LogP contribution in [-0.2, 0) is 0 Å². The Morgan fingerprint density at radius 2 is 1.88 bits per heavy atom. The molecule has 0 bridgehead atoms. The molecule has 4 aromatic rings. The number of anilines is 2. The maximum atomic E-state index is 13.3. The number of hydrogen-bond donors (Lipinski definition) is 1. The summed E-state index contributed by atoms with van der Waals surface area (Å²) in [6.07, 6.45) is 5.76. The molecule has 0 unspecified atom stereocenters. The Morgan fingerprint density at radius 3 is 2.52 bits per heavy atom. The molecule has 0 radical (unpaired) electrons. The number of methoxy groups -OCH3 is 1. The second kappa shape index (κ2) is 9.12. The van der Waals surface area contributed by atoms with Crippen molar-refractivity contribution in [2.75, 3.05) is 12.4 Å². The van der Waals surface area contributed by atoms with Crippen molar-refractivity contribution in [3.05, 3.63) is 100 Å². The van der Waals surface area contributed by atoms with Gasteiger partial charge in [0.15, 0.2) is 6.29 Å². The first-order valence-electron chi connectivity index (χ1n) is 10.3. The summed E-state index contributed by atoms with van der Waals surface area (Å²) in [6.45, 7) is 3.72. The largest absolute Gasteiger partial charge is 0.494 e. The number of pyridine rings is 1. The molecule has 0 aliphatic heterocycles. The molecule has 1 atom stereocenters. The molecule has 4 rings (SSSR count). The number of imidazole rings is 1. The third-order valence-electron chi connectivity index (χ3n) is 5.42. The van der Waals surface area contributed by atoms with E-state index in [-0.39, 0.29) is 17.1 Å². The summed E-state index contributed by atoms with van der Waals surface area (Å²) in [5.41, 5.74) is 3.30. The van der Waals surface area contributed by atoms with Crippen molar-refractivity contribution in [2.24, 2.45) is 0 Å². The molecule has 2 aromatic carbocycles. The molecule has 8 heteroatoms. The number of rotatable bonds is 7. The minimum atomic E-state index is -0.403. The van der Waals surface area contributed by atoms with Crippen molar-refractivity contribution in [2.45, 2.75) is 19.9 Å². The summed E-state index contributed by atoms with van der Waals surface area (Å²) in [5.74, 6) is 0.231. The zero-order valence-corrected chi connectivity index (χ0v) is 18.4. The smallest absolute Gasteiger partial charge is 0.274 e. The number of aromatic nitrogens is 3. The summed E-state index contributed by atoms with van der Waals surface area (Å²) in [5, 5.41) is 3.10. The van der Waals surface area contributed by atoms with Crippen LogP contribution in [0.15, 0.2) is 72.0 Å². The van der Waals surface area contributed by atoms with Crippen LogP contribution >= 0.6 is 0 Å². The average Bonchev–Trinajstić information content (AvgIpc) is 3.26. The second-order valence-electron chi connectivity index (χ2n) is 7.68. The highest BCUT2D eigenvalue weighted by molar-refractivity contribution is 5.77. The molecule has 0 amide bonds. The van der Waals surface area contributed by atoms with Crippen LogP contribution in [0.5, 0.6) is 5.75 Å². The molecule has 0 saturated heterocycles. The topological polar surface area (TPSA) is 78.1 Å². The zero-order valence-electron chi connectivity index (χ0n) is 18.4. The maximum Gasteiger partial charge on any atom is 0.274 e. The molecular weight excluding hydrogens is 423 g/mol. The van der Waals surface area contributed by atoms with Gasteiger partial charge in [-0.1, -0.05) is 12.1 Å². The summed E-state index contributed by atoms with van der Waals surface area (Å²) >= 11 is 0. The monoisotopic (exact) mass is 446 g/mol. The number of aryl methyl sites for hydroxylation is 1. The van der Waals surface area contributed by atoms with Crippen molar-refractivity contribution in [1.82, 2.24) is 14.1 Å². The fourth-order valence-electron chi connectivity index (χ4n) is 3.64. The lowest BCUT2D eigenvalue weighted by atomic mass is 10.1. The Bertz CT molecular complexity index is 1360. The Morgan fingerprint density at radius 1 is 1.12 bits per heavy atom. The van der Waals surface area contributed by atoms with E-state index in [4.69, 9.17) is 4.74 Å². The minimum absolute atomic E-state index is 0.238. The fourth-order valence-corrected chi connectivity index (χ4v) is 3.64. The van der Waals surface area contributed by atoms with E-state index in [1.54, 1.807) is 31.6 Å². The van der Waals surface area contributed by atoms with Gasteiger partial charge >= 0.3 is 0 Å². The lowest BCUT2D eigenvalue weighted by molar-refractivity contribution is 0.112. The van der Waals surface area contributed by atoms with Crippen LogP contribution in [0.25, 0.3) is 5.69 Å². The van der Waals surface area contributed by atoms with E-state index in [0.29, 0.717) is 23.3 Å². The first kappa shape index (κ1) is 22.0. The first-order valence-corrected chi connectivity index (χ1v) is 10.3. The molecule has 7 nitrogen and oxygen atoms in total. The van der Waals surface area contributed by atoms with E-state index in [2.05, 4.69) is 10.3 Å². The van der Waals surface area contributed by atoms with Crippen molar-refractivity contribution < 1.29 is 13.9 Å². The van der Waals surface area contributed by atoms with Crippen LogP contribution in [0.3, 0.4) is 0 Å². The number of halogens is 1. The number of carbonyl (C=O) groups excluding carboxylic acids is 1. The van der Waals surface area contributed by atoms with Crippen LogP contribution in [0.2, 0.25) is 0 Å². The van der Waals surface area contributed by atoms with Crippen LogP contribution in [0.4, 0.5) is 15.8 Å². The molecule has 0 aliphatic carbocycles. The number of hydrogen-bond acceptors (Lipinski definition) is 5. The Hall–Kier alpha value is -4.20. The highest BCUT2D eigenvalue weighted by Gasteiger charge is 2.15. The molecule has 0 saturated carbocycles. The quantitative estimate of drug-likeness (QED) is 0.418. The van der Waals surface area contributed by atoms with Gasteiger partial charge in [-0.3, -0.25) is 9.59 Å². The molecule has 2 aromatic heterocycles. The first-order chi connectivity index (χ1) is 15.9. The van der Waals surface area contributed by atoms with Gasteiger partial charge in [0.2, 0.25) is 0 Å². The zero-order chi connectivity index (χ0) is 23.5. The van der Waals surface area contributed by atoms with E-state index in [1.807, 2.05) is 36.7 Å². The molecule has 0 aliphatic rings. The van der Waals surface area contributed by atoms with Crippen LogP contribution in [0.1, 0.15) is 34.6 Å². The predicted octanol–water partition coefficient (Wildman–Crippen LogP) is 4.66. The van der Waals surface area contributed by atoms with Gasteiger partial charge in [-0.2, -0.15) is 0 Å². The number of benzene rings is 2. The molecule has 168 valence electrons. The summed E-state index contributed by atoms with van der Waals surface area (Å²) in [4.78, 5) is 29.0. The maximum absolute atomic E-state index is 13.3. The van der Waals surface area contributed by atoms with E-state index in [1.165, 1.54) is 29.0 Å². The van der Waals surface area contributed by atoms with E-state index >= 15 is 0 Å². The summed E-state index contributed by atoms with van der Waals surface area (Å²) in [7, 11) is 1.57. The number of ether oxygens (including phenoxy) is 1. The molecule has 0 fully saturated rings. The predicted molar refractivity (Wildman–Crippen MR) is 124 cm³/mol. The molecular formula is C25H23FN4O3. The van der Waals surface area contributed by atoms with E-state index < -0.39 is 6.04 Å². The van der Waals surface area contributed by atoms with Crippen molar-refractivity contribution >= 4 is 17.7 Å². The van der Waals surface area contributed by atoms with E-state index in [9.17, 15) is 14.0 Å². The highest BCUT2D eigenvalue weighted by atomic mass is 19.1. The Labute approximate surface area is 190 Å². The lowest BCUT2D eigenvalue weighted by Gasteiger charge is -2.18. The van der Waals surface area contributed by atoms with Gasteiger partial charge in [0.25, 0.3) is 5.56 Å². The van der Waals surface area contributed by atoms with Gasteiger partial charge < -0.3 is 19.2 Å². The number of carbonyl (C=O) groups is 1. The van der Waals surface area contributed by atoms with Crippen molar-refractivity contribution in [1.29, 1.82) is 0 Å². The van der Waals surface area contributed by atoms with Crippen LogP contribution in [-0.4, -0.2) is 27.5 Å². The Kier molecular flexibility index (Phi) is 6.08.